The highest BCUT2D eigenvalue weighted by Crippen LogP contribution is 2.19. The van der Waals surface area contributed by atoms with E-state index in [1.165, 1.54) is 0 Å². The van der Waals surface area contributed by atoms with Crippen LogP contribution in [0.3, 0.4) is 0 Å². The molecule has 0 spiro atoms. The van der Waals surface area contributed by atoms with Crippen LogP contribution in [0, 0.1) is 13.8 Å². The molecule has 0 aliphatic heterocycles. The number of hydrogen-bond acceptors (Lipinski definition) is 6. The van der Waals surface area contributed by atoms with Crippen molar-refractivity contribution in [2.24, 2.45) is 0 Å². The van der Waals surface area contributed by atoms with Gasteiger partial charge in [-0.2, -0.15) is 0 Å². The van der Waals surface area contributed by atoms with Gasteiger partial charge < -0.3 is 28.5 Å². The molecule has 0 fully saturated rings. The summed E-state index contributed by atoms with van der Waals surface area (Å²) < 4.78 is 23.5. The number of amides is 1. The maximum absolute atomic E-state index is 12.5. The summed E-state index contributed by atoms with van der Waals surface area (Å²) in [6.07, 6.45) is 1.61. The molecule has 2 aromatic heterocycles. The van der Waals surface area contributed by atoms with Crippen LogP contribution in [0.1, 0.15) is 34.4 Å². The van der Waals surface area contributed by atoms with Crippen molar-refractivity contribution in [2.45, 2.75) is 27.3 Å². The number of ether oxygens (including phenoxy) is 3. The second kappa shape index (κ2) is 11.1. The molecule has 0 saturated carbocycles. The lowest BCUT2D eigenvalue weighted by atomic mass is 10.2. The second-order valence-corrected chi connectivity index (χ2v) is 7.13. The molecule has 0 aliphatic rings. The molecule has 8 heteroatoms. The summed E-state index contributed by atoms with van der Waals surface area (Å²) in [5, 5.41) is 2.67. The molecule has 0 atom stereocenters. The molecule has 0 saturated heterocycles. The third kappa shape index (κ3) is 6.16. The van der Waals surface area contributed by atoms with Crippen molar-refractivity contribution in [1.82, 2.24) is 9.88 Å². The van der Waals surface area contributed by atoms with Gasteiger partial charge in [-0.25, -0.2) is 4.79 Å². The van der Waals surface area contributed by atoms with E-state index < -0.39 is 11.9 Å². The lowest BCUT2D eigenvalue weighted by Gasteiger charge is -2.10. The number of nitrogens with one attached hydrogen (secondary N) is 1. The molecule has 0 aliphatic carbocycles. The monoisotopic (exact) mass is 440 g/mol. The Bertz CT molecular complexity index is 1020. The third-order valence-electron chi connectivity index (χ3n) is 4.85. The summed E-state index contributed by atoms with van der Waals surface area (Å²) in [5.41, 5.74) is 2.09. The minimum Gasteiger partial charge on any atom is -0.494 e. The van der Waals surface area contributed by atoms with E-state index in [1.54, 1.807) is 24.5 Å². The van der Waals surface area contributed by atoms with Gasteiger partial charge in [-0.05, 0) is 63.2 Å². The van der Waals surface area contributed by atoms with Crippen LogP contribution in [-0.4, -0.2) is 42.8 Å². The van der Waals surface area contributed by atoms with Gasteiger partial charge in [0.05, 0.1) is 31.5 Å². The maximum Gasteiger partial charge on any atom is 0.340 e. The van der Waals surface area contributed by atoms with Crippen molar-refractivity contribution in [3.63, 3.8) is 0 Å². The van der Waals surface area contributed by atoms with Crippen molar-refractivity contribution in [3.05, 3.63) is 71.4 Å². The van der Waals surface area contributed by atoms with Crippen molar-refractivity contribution >= 4 is 11.9 Å². The van der Waals surface area contributed by atoms with Crippen LogP contribution in [0.4, 0.5) is 0 Å². The van der Waals surface area contributed by atoms with Crippen LogP contribution in [-0.2, 0) is 16.1 Å². The van der Waals surface area contributed by atoms with Gasteiger partial charge in [-0.15, -0.1) is 0 Å². The molecule has 170 valence electrons. The fourth-order valence-corrected chi connectivity index (χ4v) is 3.23. The van der Waals surface area contributed by atoms with Gasteiger partial charge in [0.1, 0.15) is 23.9 Å². The van der Waals surface area contributed by atoms with E-state index in [9.17, 15) is 9.59 Å². The van der Waals surface area contributed by atoms with Crippen LogP contribution in [0.2, 0.25) is 0 Å². The van der Waals surface area contributed by atoms with Gasteiger partial charge in [-0.1, -0.05) is 0 Å². The Balaban J connectivity index is 1.40. The van der Waals surface area contributed by atoms with E-state index in [1.807, 2.05) is 49.6 Å². The summed E-state index contributed by atoms with van der Waals surface area (Å²) in [6.45, 7) is 7.02. The smallest absolute Gasteiger partial charge is 0.340 e. The van der Waals surface area contributed by atoms with E-state index in [4.69, 9.17) is 18.6 Å². The van der Waals surface area contributed by atoms with E-state index >= 15 is 0 Å². The van der Waals surface area contributed by atoms with Crippen molar-refractivity contribution in [2.75, 3.05) is 26.4 Å². The summed E-state index contributed by atoms with van der Waals surface area (Å²) in [6, 6.07) is 12.7. The van der Waals surface area contributed by atoms with Crippen LogP contribution in [0.25, 0.3) is 0 Å². The fourth-order valence-electron chi connectivity index (χ4n) is 3.23. The van der Waals surface area contributed by atoms with Crippen LogP contribution < -0.4 is 14.8 Å². The summed E-state index contributed by atoms with van der Waals surface area (Å²) in [5.74, 6) is 1.32. The average molecular weight is 440 g/mol. The molecular weight excluding hydrogens is 412 g/mol. The van der Waals surface area contributed by atoms with Gasteiger partial charge in [0.25, 0.3) is 5.91 Å². The van der Waals surface area contributed by atoms with Gasteiger partial charge in [-0.3, -0.25) is 4.79 Å². The second-order valence-electron chi connectivity index (χ2n) is 7.13. The number of nitrogens with zero attached hydrogens (tertiary/aromatic N) is 1. The highest BCUT2D eigenvalue weighted by molar-refractivity contribution is 5.92. The largest absolute Gasteiger partial charge is 0.494 e. The SMILES string of the molecule is CCOc1ccc(OCCNC(=O)COC(=O)c2cc(C)n(Cc3ccco3)c2C)cc1. The molecule has 8 nitrogen and oxygen atoms in total. The fraction of sp³-hybridized carbons (Fsp3) is 0.333. The number of aromatic nitrogens is 1. The quantitative estimate of drug-likeness (QED) is 0.362. The first kappa shape index (κ1) is 23.0. The van der Waals surface area contributed by atoms with E-state index in [0.29, 0.717) is 37.6 Å². The number of carbonyl (C=O) groups is 2. The number of aryl methyl sites for hydroxylation is 1. The molecule has 0 bridgehead atoms. The highest BCUT2D eigenvalue weighted by atomic mass is 16.5. The molecule has 3 rings (SSSR count). The first-order valence-electron chi connectivity index (χ1n) is 10.5. The van der Waals surface area contributed by atoms with Gasteiger partial charge in [0.2, 0.25) is 0 Å². The van der Waals surface area contributed by atoms with Crippen molar-refractivity contribution in [3.8, 4) is 11.5 Å². The maximum atomic E-state index is 12.5. The molecule has 1 amide bonds. The minimum absolute atomic E-state index is 0.293. The first-order valence-corrected chi connectivity index (χ1v) is 10.5. The molecule has 2 heterocycles. The van der Waals surface area contributed by atoms with Gasteiger partial charge in [0, 0.05) is 11.4 Å². The summed E-state index contributed by atoms with van der Waals surface area (Å²) in [7, 11) is 0. The van der Waals surface area contributed by atoms with Crippen LogP contribution in [0.5, 0.6) is 11.5 Å². The summed E-state index contributed by atoms with van der Waals surface area (Å²) in [4.78, 5) is 24.5. The molecular formula is C24H28N2O6. The van der Waals surface area contributed by atoms with Crippen molar-refractivity contribution < 1.29 is 28.2 Å². The summed E-state index contributed by atoms with van der Waals surface area (Å²) >= 11 is 0. The lowest BCUT2D eigenvalue weighted by molar-refractivity contribution is -0.124. The molecule has 32 heavy (non-hydrogen) atoms. The van der Waals surface area contributed by atoms with E-state index in [-0.39, 0.29) is 6.61 Å². The number of carbonyl (C=O) groups excluding carboxylic acids is 2. The predicted molar refractivity (Wildman–Crippen MR) is 118 cm³/mol. The van der Waals surface area contributed by atoms with E-state index in [0.717, 1.165) is 22.9 Å². The van der Waals surface area contributed by atoms with Gasteiger partial charge in [0.15, 0.2) is 6.61 Å². The highest BCUT2D eigenvalue weighted by Gasteiger charge is 2.18. The first-order chi connectivity index (χ1) is 15.5. The normalized spacial score (nSPS) is 10.6. The number of furan rings is 1. The minimum atomic E-state index is -0.537. The standard InChI is InChI=1S/C24H28N2O6/c1-4-29-19-7-9-20(10-8-19)31-13-11-25-23(27)16-32-24(28)22-14-17(2)26(18(22)3)15-21-6-5-12-30-21/h5-10,12,14H,4,11,13,15-16H2,1-3H3,(H,25,27). The Morgan fingerprint density at radius 1 is 1.06 bits per heavy atom. The van der Waals surface area contributed by atoms with Crippen LogP contribution in [0.15, 0.2) is 53.1 Å². The Morgan fingerprint density at radius 2 is 1.78 bits per heavy atom. The molecule has 3 aromatic rings. The van der Waals surface area contributed by atoms with E-state index in [2.05, 4.69) is 5.32 Å². The predicted octanol–water partition coefficient (Wildman–Crippen LogP) is 3.50. The zero-order valence-electron chi connectivity index (χ0n) is 18.6. The molecule has 0 unspecified atom stereocenters. The third-order valence-corrected chi connectivity index (χ3v) is 4.85. The van der Waals surface area contributed by atoms with Crippen molar-refractivity contribution in [1.29, 1.82) is 0 Å². The Morgan fingerprint density at radius 3 is 2.44 bits per heavy atom. The van der Waals surface area contributed by atoms with Gasteiger partial charge >= 0.3 is 5.97 Å². The lowest BCUT2D eigenvalue weighted by Crippen LogP contribution is -2.32. The number of rotatable bonds is 11. The molecule has 1 N–H and O–H groups in total. The zero-order chi connectivity index (χ0) is 22.9. The zero-order valence-corrected chi connectivity index (χ0v) is 18.6. The number of hydrogen-bond donors (Lipinski definition) is 1. The Hall–Kier alpha value is -3.68. The molecule has 1 aromatic carbocycles. The Kier molecular flexibility index (Phi) is 7.96. The number of esters is 1. The topological polar surface area (TPSA) is 91.9 Å². The molecule has 0 radical (unpaired) electrons. The average Bonchev–Trinajstić information content (AvgIpc) is 3.40. The Labute approximate surface area is 187 Å². The number of benzene rings is 1. The van der Waals surface area contributed by atoms with Crippen LogP contribution >= 0.6 is 0 Å².